The van der Waals surface area contributed by atoms with E-state index in [2.05, 4.69) is 53.3 Å². The maximum absolute atomic E-state index is 5.67. The first kappa shape index (κ1) is 16.7. The summed E-state index contributed by atoms with van der Waals surface area (Å²) in [7, 11) is 0. The number of aromatic nitrogens is 2. The highest BCUT2D eigenvalue weighted by molar-refractivity contribution is 5.59. The van der Waals surface area contributed by atoms with Gasteiger partial charge in [-0.15, -0.1) is 0 Å². The van der Waals surface area contributed by atoms with Crippen LogP contribution in [0.15, 0.2) is 30.3 Å². The summed E-state index contributed by atoms with van der Waals surface area (Å²) in [6.45, 7) is 8.71. The van der Waals surface area contributed by atoms with E-state index < -0.39 is 0 Å². The normalized spacial score (nSPS) is 17.0. The number of benzene rings is 1. The minimum atomic E-state index is 0.294. The van der Waals surface area contributed by atoms with Crippen LogP contribution in [0, 0.1) is 13.8 Å². The molecule has 5 heteroatoms. The second-order valence-corrected chi connectivity index (χ2v) is 6.29. The van der Waals surface area contributed by atoms with E-state index in [1.807, 2.05) is 13.0 Å². The lowest BCUT2D eigenvalue weighted by molar-refractivity contribution is 0.120. The van der Waals surface area contributed by atoms with Gasteiger partial charge in [0.15, 0.2) is 0 Å². The average Bonchev–Trinajstić information content (AvgIpc) is 3.07. The summed E-state index contributed by atoms with van der Waals surface area (Å²) in [6.07, 6.45) is 2.56. The van der Waals surface area contributed by atoms with Gasteiger partial charge in [0.25, 0.3) is 0 Å². The first-order chi connectivity index (χ1) is 11.7. The van der Waals surface area contributed by atoms with Crippen LogP contribution in [0.3, 0.4) is 0 Å². The predicted molar refractivity (Wildman–Crippen MR) is 98.1 cm³/mol. The van der Waals surface area contributed by atoms with Gasteiger partial charge >= 0.3 is 0 Å². The van der Waals surface area contributed by atoms with E-state index in [4.69, 9.17) is 9.72 Å². The lowest BCUT2D eigenvalue weighted by Crippen LogP contribution is -2.22. The predicted octanol–water partition coefficient (Wildman–Crippen LogP) is 3.84. The van der Waals surface area contributed by atoms with Crippen LogP contribution in [0.4, 0.5) is 17.5 Å². The Morgan fingerprint density at radius 2 is 2.12 bits per heavy atom. The van der Waals surface area contributed by atoms with E-state index in [1.165, 1.54) is 5.56 Å². The monoisotopic (exact) mass is 326 g/mol. The van der Waals surface area contributed by atoms with E-state index in [0.29, 0.717) is 6.10 Å². The molecular formula is C19H26N4O. The molecule has 1 N–H and O–H groups in total. The molecule has 1 fully saturated rings. The van der Waals surface area contributed by atoms with Gasteiger partial charge in [0.2, 0.25) is 5.95 Å². The smallest absolute Gasteiger partial charge is 0.232 e. The molecule has 3 rings (SSSR count). The highest BCUT2D eigenvalue weighted by Crippen LogP contribution is 2.24. The third-order valence-corrected chi connectivity index (χ3v) is 4.25. The molecule has 1 aromatic carbocycles. The average molecular weight is 326 g/mol. The first-order valence-corrected chi connectivity index (χ1v) is 8.71. The minimum Gasteiger partial charge on any atom is -0.376 e. The van der Waals surface area contributed by atoms with E-state index in [-0.39, 0.29) is 0 Å². The number of aryl methyl sites for hydroxylation is 2. The molecule has 1 aliphatic rings. The van der Waals surface area contributed by atoms with Gasteiger partial charge in [0.05, 0.1) is 6.10 Å². The number of ether oxygens (including phenoxy) is 1. The third kappa shape index (κ3) is 4.03. The van der Waals surface area contributed by atoms with Crippen molar-refractivity contribution in [3.8, 4) is 0 Å². The molecule has 1 aromatic heterocycles. The fraction of sp³-hybridized carbons (Fsp3) is 0.474. The molecule has 1 saturated heterocycles. The van der Waals surface area contributed by atoms with Crippen LogP contribution in [0.2, 0.25) is 0 Å². The zero-order valence-electron chi connectivity index (χ0n) is 14.7. The van der Waals surface area contributed by atoms with E-state index >= 15 is 0 Å². The number of anilines is 3. The minimum absolute atomic E-state index is 0.294. The molecule has 1 unspecified atom stereocenters. The van der Waals surface area contributed by atoms with Crippen LogP contribution in [0.1, 0.15) is 31.0 Å². The van der Waals surface area contributed by atoms with Crippen molar-refractivity contribution in [2.45, 2.75) is 39.7 Å². The first-order valence-electron chi connectivity index (χ1n) is 8.71. The molecule has 0 spiro atoms. The number of nitrogens with one attached hydrogen (secondary N) is 1. The molecule has 0 amide bonds. The van der Waals surface area contributed by atoms with Crippen LogP contribution in [-0.2, 0) is 4.74 Å². The van der Waals surface area contributed by atoms with Gasteiger partial charge in [-0.05, 0) is 51.3 Å². The SMILES string of the molecule is CCN(c1cccc(C)c1)c1nc(C)cc(NCC2CCCO2)n1. The third-order valence-electron chi connectivity index (χ3n) is 4.25. The fourth-order valence-corrected chi connectivity index (χ4v) is 3.02. The van der Waals surface area contributed by atoms with Gasteiger partial charge in [-0.2, -0.15) is 4.98 Å². The molecule has 0 radical (unpaired) electrons. The van der Waals surface area contributed by atoms with Crippen molar-refractivity contribution in [1.29, 1.82) is 0 Å². The number of rotatable bonds is 6. The maximum Gasteiger partial charge on any atom is 0.232 e. The van der Waals surface area contributed by atoms with Crippen molar-refractivity contribution in [3.63, 3.8) is 0 Å². The summed E-state index contributed by atoms with van der Waals surface area (Å²) in [5.74, 6) is 1.59. The van der Waals surface area contributed by atoms with Crippen molar-refractivity contribution in [2.24, 2.45) is 0 Å². The van der Waals surface area contributed by atoms with Gasteiger partial charge in [-0.25, -0.2) is 4.98 Å². The summed E-state index contributed by atoms with van der Waals surface area (Å²) in [5, 5.41) is 3.41. The molecule has 0 bridgehead atoms. The zero-order valence-corrected chi connectivity index (χ0v) is 14.7. The number of hydrogen-bond donors (Lipinski definition) is 1. The van der Waals surface area contributed by atoms with Crippen LogP contribution < -0.4 is 10.2 Å². The molecular weight excluding hydrogens is 300 g/mol. The highest BCUT2D eigenvalue weighted by atomic mass is 16.5. The molecule has 24 heavy (non-hydrogen) atoms. The molecule has 0 saturated carbocycles. The second-order valence-electron chi connectivity index (χ2n) is 6.29. The number of nitrogens with zero attached hydrogens (tertiary/aromatic N) is 3. The Kier molecular flexibility index (Phi) is 5.30. The van der Waals surface area contributed by atoms with Gasteiger partial charge in [0.1, 0.15) is 5.82 Å². The van der Waals surface area contributed by atoms with Crippen LogP contribution in [-0.4, -0.2) is 35.8 Å². The summed E-state index contributed by atoms with van der Waals surface area (Å²) >= 11 is 0. The fourth-order valence-electron chi connectivity index (χ4n) is 3.02. The van der Waals surface area contributed by atoms with Crippen LogP contribution in [0.25, 0.3) is 0 Å². The Labute approximate surface area is 144 Å². The molecule has 1 atom stereocenters. The van der Waals surface area contributed by atoms with Crippen LogP contribution >= 0.6 is 0 Å². The summed E-state index contributed by atoms with van der Waals surface area (Å²) < 4.78 is 5.67. The summed E-state index contributed by atoms with van der Waals surface area (Å²) in [4.78, 5) is 11.5. The van der Waals surface area contributed by atoms with E-state index in [9.17, 15) is 0 Å². The topological polar surface area (TPSA) is 50.3 Å². The standard InChI is InChI=1S/C19H26N4O/c1-4-23(16-8-5-7-14(2)11-16)19-21-15(3)12-18(22-19)20-13-17-9-6-10-24-17/h5,7-8,11-12,17H,4,6,9-10,13H2,1-3H3,(H,20,21,22). The van der Waals surface area contributed by atoms with E-state index in [0.717, 1.165) is 55.7 Å². The Hall–Kier alpha value is -2.14. The quantitative estimate of drug-likeness (QED) is 0.874. The number of hydrogen-bond acceptors (Lipinski definition) is 5. The lowest BCUT2D eigenvalue weighted by atomic mass is 10.2. The molecule has 1 aliphatic heterocycles. The molecule has 2 aromatic rings. The van der Waals surface area contributed by atoms with Crippen LogP contribution in [0.5, 0.6) is 0 Å². The van der Waals surface area contributed by atoms with Gasteiger partial charge in [-0.3, -0.25) is 0 Å². The second kappa shape index (κ2) is 7.62. The van der Waals surface area contributed by atoms with E-state index in [1.54, 1.807) is 0 Å². The highest BCUT2D eigenvalue weighted by Gasteiger charge is 2.16. The maximum atomic E-state index is 5.67. The zero-order chi connectivity index (χ0) is 16.9. The molecule has 2 heterocycles. The van der Waals surface area contributed by atoms with Crippen molar-refractivity contribution < 1.29 is 4.74 Å². The van der Waals surface area contributed by atoms with Crippen molar-refractivity contribution in [1.82, 2.24) is 9.97 Å². The van der Waals surface area contributed by atoms with Crippen molar-refractivity contribution in [2.75, 3.05) is 29.9 Å². The Bertz CT molecular complexity index is 683. The summed E-state index contributed by atoms with van der Waals surface area (Å²) in [6, 6.07) is 10.4. The van der Waals surface area contributed by atoms with Gasteiger partial charge in [0, 0.05) is 37.1 Å². The lowest BCUT2D eigenvalue weighted by Gasteiger charge is -2.22. The Balaban J connectivity index is 1.80. The Morgan fingerprint density at radius 3 is 2.83 bits per heavy atom. The molecule has 128 valence electrons. The Morgan fingerprint density at radius 1 is 1.25 bits per heavy atom. The van der Waals surface area contributed by atoms with Crippen molar-refractivity contribution >= 4 is 17.5 Å². The molecule has 5 nitrogen and oxygen atoms in total. The summed E-state index contributed by atoms with van der Waals surface area (Å²) in [5.41, 5.74) is 3.31. The molecule has 0 aliphatic carbocycles. The van der Waals surface area contributed by atoms with Crippen molar-refractivity contribution in [3.05, 3.63) is 41.6 Å². The van der Waals surface area contributed by atoms with Gasteiger partial charge in [-0.1, -0.05) is 12.1 Å². The largest absolute Gasteiger partial charge is 0.376 e. The van der Waals surface area contributed by atoms with Gasteiger partial charge < -0.3 is 15.0 Å².